The molecule has 20 heavy (non-hydrogen) atoms. The Bertz CT molecular complexity index is 560. The monoisotopic (exact) mass is 377 g/mol. The van der Waals surface area contributed by atoms with Crippen LogP contribution in [0.2, 0.25) is 0 Å². The predicted molar refractivity (Wildman–Crippen MR) is 69.2 cm³/mol. The van der Waals surface area contributed by atoms with E-state index < -0.39 is 28.4 Å². The fourth-order valence-electron chi connectivity index (χ4n) is 1.38. The number of hydrogen-bond acceptors (Lipinski definition) is 2. The first-order chi connectivity index (χ1) is 9.12. The van der Waals surface area contributed by atoms with Gasteiger partial charge in [0.1, 0.15) is 5.82 Å². The third-order valence-corrected chi connectivity index (χ3v) is 4.48. The zero-order chi connectivity index (χ0) is 15.4. The lowest BCUT2D eigenvalue weighted by Gasteiger charge is -2.08. The van der Waals surface area contributed by atoms with Gasteiger partial charge in [-0.3, -0.25) is 0 Å². The molecule has 3 nitrogen and oxygen atoms in total. The molecule has 1 N–H and O–H groups in total. The van der Waals surface area contributed by atoms with Crippen LogP contribution in [0.5, 0.6) is 0 Å². The number of benzene rings is 1. The molecule has 0 aliphatic carbocycles. The molecule has 0 amide bonds. The molecular formula is C11H12BrF4NO2S. The first kappa shape index (κ1) is 17.4. The number of halogens is 5. The molecule has 1 rings (SSSR count). The van der Waals surface area contributed by atoms with Gasteiger partial charge in [-0.1, -0.05) is 0 Å². The van der Waals surface area contributed by atoms with Crippen molar-refractivity contribution in [3.8, 4) is 0 Å². The molecule has 9 heteroatoms. The minimum Gasteiger partial charge on any atom is -0.211 e. The van der Waals surface area contributed by atoms with Gasteiger partial charge >= 0.3 is 6.18 Å². The summed E-state index contributed by atoms with van der Waals surface area (Å²) >= 11 is 2.89. The second kappa shape index (κ2) is 6.86. The van der Waals surface area contributed by atoms with Gasteiger partial charge in [0.25, 0.3) is 0 Å². The van der Waals surface area contributed by atoms with E-state index in [1.807, 2.05) is 0 Å². The summed E-state index contributed by atoms with van der Waals surface area (Å²) in [6.45, 7) is -0.129. The summed E-state index contributed by atoms with van der Waals surface area (Å²) in [5.41, 5.74) is 0. The normalized spacial score (nSPS) is 12.7. The molecule has 1 aromatic rings. The molecule has 0 unspecified atom stereocenters. The van der Waals surface area contributed by atoms with Crippen molar-refractivity contribution in [3.63, 3.8) is 0 Å². The lowest BCUT2D eigenvalue weighted by molar-refractivity contribution is -0.135. The Balaban J connectivity index is 2.52. The van der Waals surface area contributed by atoms with Crippen molar-refractivity contribution in [2.24, 2.45) is 0 Å². The maximum atomic E-state index is 13.2. The van der Waals surface area contributed by atoms with Crippen molar-refractivity contribution in [2.45, 2.75) is 30.3 Å². The highest BCUT2D eigenvalue weighted by molar-refractivity contribution is 9.10. The maximum Gasteiger partial charge on any atom is 0.389 e. The van der Waals surface area contributed by atoms with Crippen LogP contribution in [0.25, 0.3) is 0 Å². The Kier molecular flexibility index (Phi) is 5.96. The van der Waals surface area contributed by atoms with Gasteiger partial charge in [-0.05, 0) is 47.0 Å². The molecule has 114 valence electrons. The lowest BCUT2D eigenvalue weighted by Crippen LogP contribution is -2.25. The molecular weight excluding hydrogens is 366 g/mol. The molecule has 0 aliphatic rings. The fourth-order valence-corrected chi connectivity index (χ4v) is 2.72. The molecule has 1 aromatic carbocycles. The molecule has 0 heterocycles. The average molecular weight is 378 g/mol. The summed E-state index contributed by atoms with van der Waals surface area (Å²) in [4.78, 5) is -0.269. The molecule has 0 spiro atoms. The van der Waals surface area contributed by atoms with Crippen molar-refractivity contribution < 1.29 is 26.0 Å². The van der Waals surface area contributed by atoms with Crippen molar-refractivity contribution in [1.29, 1.82) is 0 Å². The first-order valence-corrected chi connectivity index (χ1v) is 7.91. The van der Waals surface area contributed by atoms with Crippen molar-refractivity contribution in [2.75, 3.05) is 6.54 Å². The van der Waals surface area contributed by atoms with E-state index >= 15 is 0 Å². The summed E-state index contributed by atoms with van der Waals surface area (Å²) in [5, 5.41) is 0. The minimum atomic E-state index is -4.24. The van der Waals surface area contributed by atoms with Crippen LogP contribution in [0.1, 0.15) is 19.3 Å². The summed E-state index contributed by atoms with van der Waals surface area (Å²) < 4.78 is 74.6. The Hall–Kier alpha value is -0.670. The summed E-state index contributed by atoms with van der Waals surface area (Å²) in [6, 6.07) is 3.28. The highest BCUT2D eigenvalue weighted by atomic mass is 79.9. The highest BCUT2D eigenvalue weighted by Gasteiger charge is 2.26. The zero-order valence-corrected chi connectivity index (χ0v) is 12.6. The number of hydrogen-bond donors (Lipinski definition) is 1. The molecule has 0 bridgehead atoms. The second-order valence-electron chi connectivity index (χ2n) is 4.05. The third kappa shape index (κ3) is 5.76. The summed E-state index contributed by atoms with van der Waals surface area (Å²) in [6.07, 6.45) is -5.31. The number of rotatable bonds is 6. The van der Waals surface area contributed by atoms with Gasteiger partial charge in [-0.15, -0.1) is 0 Å². The van der Waals surface area contributed by atoms with Crippen LogP contribution in [0, 0.1) is 5.82 Å². The van der Waals surface area contributed by atoms with E-state index in [1.165, 1.54) is 12.1 Å². The van der Waals surface area contributed by atoms with E-state index in [-0.39, 0.29) is 28.8 Å². The van der Waals surface area contributed by atoms with E-state index in [4.69, 9.17) is 0 Å². The van der Waals surface area contributed by atoms with Crippen LogP contribution in [-0.4, -0.2) is 21.1 Å². The van der Waals surface area contributed by atoms with Crippen LogP contribution in [0.3, 0.4) is 0 Å². The van der Waals surface area contributed by atoms with Crippen molar-refractivity contribution in [1.82, 2.24) is 4.72 Å². The second-order valence-corrected chi connectivity index (χ2v) is 6.67. The van der Waals surface area contributed by atoms with Crippen molar-refractivity contribution in [3.05, 3.63) is 28.5 Å². The van der Waals surface area contributed by atoms with Gasteiger partial charge in [0, 0.05) is 13.0 Å². The Morgan fingerprint density at radius 2 is 1.85 bits per heavy atom. The van der Waals surface area contributed by atoms with Crippen LogP contribution in [0.4, 0.5) is 17.6 Å². The summed E-state index contributed by atoms with van der Waals surface area (Å²) in [7, 11) is -3.91. The van der Waals surface area contributed by atoms with Gasteiger partial charge in [-0.25, -0.2) is 17.5 Å². The lowest BCUT2D eigenvalue weighted by atomic mass is 10.2. The molecule has 0 aromatic heterocycles. The van der Waals surface area contributed by atoms with Crippen LogP contribution < -0.4 is 4.72 Å². The Morgan fingerprint density at radius 3 is 2.40 bits per heavy atom. The van der Waals surface area contributed by atoms with Crippen LogP contribution in [-0.2, 0) is 10.0 Å². The largest absolute Gasteiger partial charge is 0.389 e. The van der Waals surface area contributed by atoms with Crippen LogP contribution >= 0.6 is 15.9 Å². The fraction of sp³-hybridized carbons (Fsp3) is 0.455. The van der Waals surface area contributed by atoms with E-state index in [0.29, 0.717) is 0 Å². The van der Waals surface area contributed by atoms with E-state index in [0.717, 1.165) is 6.07 Å². The predicted octanol–water partition coefficient (Wildman–Crippen LogP) is 3.60. The summed E-state index contributed by atoms with van der Waals surface area (Å²) in [5.74, 6) is -0.732. The Morgan fingerprint density at radius 1 is 1.20 bits per heavy atom. The van der Waals surface area contributed by atoms with Crippen LogP contribution in [0.15, 0.2) is 27.6 Å². The number of alkyl halides is 3. The smallest absolute Gasteiger partial charge is 0.211 e. The average Bonchev–Trinajstić information content (AvgIpc) is 2.30. The molecule has 0 aliphatic heterocycles. The third-order valence-electron chi connectivity index (χ3n) is 2.38. The van der Waals surface area contributed by atoms with E-state index in [1.54, 1.807) is 0 Å². The molecule has 0 radical (unpaired) electrons. The van der Waals surface area contributed by atoms with E-state index in [9.17, 15) is 26.0 Å². The number of nitrogens with one attached hydrogen (secondary N) is 1. The van der Waals surface area contributed by atoms with Gasteiger partial charge in [-0.2, -0.15) is 13.2 Å². The first-order valence-electron chi connectivity index (χ1n) is 5.63. The molecule has 0 atom stereocenters. The maximum absolute atomic E-state index is 13.2. The zero-order valence-electron chi connectivity index (χ0n) is 10.2. The molecule has 0 saturated carbocycles. The van der Waals surface area contributed by atoms with Gasteiger partial charge in [0.2, 0.25) is 10.0 Å². The number of unbranched alkanes of at least 4 members (excludes halogenated alkanes) is 1. The minimum absolute atomic E-state index is 0.0533. The quantitative estimate of drug-likeness (QED) is 0.608. The van der Waals surface area contributed by atoms with Crippen molar-refractivity contribution >= 4 is 26.0 Å². The molecule has 0 saturated heterocycles. The Labute approximate surface area is 122 Å². The van der Waals surface area contributed by atoms with Gasteiger partial charge in [0.15, 0.2) is 0 Å². The van der Waals surface area contributed by atoms with Gasteiger partial charge < -0.3 is 0 Å². The topological polar surface area (TPSA) is 46.2 Å². The molecule has 0 fully saturated rings. The van der Waals surface area contributed by atoms with Gasteiger partial charge in [0.05, 0.1) is 9.37 Å². The standard InChI is InChI=1S/C11H12BrF4NO2S/c12-9-4-3-8(7-10(9)13)20(18,19)17-6-2-1-5-11(14,15)16/h3-4,7,17H,1-2,5-6H2. The van der Waals surface area contributed by atoms with E-state index in [2.05, 4.69) is 20.7 Å². The highest BCUT2D eigenvalue weighted by Crippen LogP contribution is 2.22. The SMILES string of the molecule is O=S(=O)(NCCCCC(F)(F)F)c1ccc(Br)c(F)c1. The number of sulfonamides is 1.